The summed E-state index contributed by atoms with van der Waals surface area (Å²) in [5.74, 6) is 0.260. The van der Waals surface area contributed by atoms with Crippen molar-refractivity contribution in [2.45, 2.75) is 13.4 Å². The highest BCUT2D eigenvalue weighted by Gasteiger charge is 2.01. The largest absolute Gasteiger partial charge is 0.442 e. The number of carbonyl (C=O) groups is 1. The maximum absolute atomic E-state index is 10.8. The molecule has 0 saturated heterocycles. The van der Waals surface area contributed by atoms with Gasteiger partial charge in [-0.25, -0.2) is 0 Å². The van der Waals surface area contributed by atoms with E-state index in [2.05, 4.69) is 4.74 Å². The third kappa shape index (κ3) is 2.85. The molecule has 0 bridgehead atoms. The Morgan fingerprint density at radius 1 is 1.31 bits per heavy atom. The highest BCUT2D eigenvalue weighted by molar-refractivity contribution is 5.94. The van der Waals surface area contributed by atoms with Crippen molar-refractivity contribution in [2.75, 3.05) is 0 Å². The molecule has 13 heavy (non-hydrogen) atoms. The quantitative estimate of drug-likeness (QED) is 0.528. The van der Waals surface area contributed by atoms with Crippen molar-refractivity contribution in [3.05, 3.63) is 29.8 Å². The number of benzene rings is 1. The fraction of sp³-hybridized carbons (Fsp3) is 0.222. The minimum absolute atomic E-state index is 0.0453. The predicted molar refractivity (Wildman–Crippen MR) is 45.3 cm³/mol. The number of hydrogen-bond donors (Lipinski definition) is 2. The zero-order chi connectivity index (χ0) is 9.84. The van der Waals surface area contributed by atoms with Crippen molar-refractivity contribution in [2.24, 2.45) is 0 Å². The second kappa shape index (κ2) is 4.02. The molecule has 0 heterocycles. The van der Waals surface area contributed by atoms with Gasteiger partial charge >= 0.3 is 6.48 Å². The van der Waals surface area contributed by atoms with E-state index < -0.39 is 6.48 Å². The maximum atomic E-state index is 10.8. The van der Waals surface area contributed by atoms with E-state index in [1.54, 1.807) is 12.1 Å². The lowest BCUT2D eigenvalue weighted by atomic mass is 10.1. The minimum atomic E-state index is -1.83. The number of ether oxygens (including phenoxy) is 1. The van der Waals surface area contributed by atoms with Crippen molar-refractivity contribution in [3.8, 4) is 5.75 Å². The molecule has 0 aromatic heterocycles. The maximum Gasteiger partial charge on any atom is 0.310 e. The van der Waals surface area contributed by atoms with Crippen molar-refractivity contribution in [1.29, 1.82) is 0 Å². The molecule has 1 rings (SSSR count). The molecule has 4 heteroatoms. The van der Waals surface area contributed by atoms with Gasteiger partial charge in [-0.05, 0) is 31.2 Å². The van der Waals surface area contributed by atoms with Gasteiger partial charge in [-0.15, -0.1) is 0 Å². The summed E-state index contributed by atoms with van der Waals surface area (Å²) in [4.78, 5) is 10.8. The predicted octanol–water partition coefficient (Wildman–Crippen LogP) is 0.536. The molecule has 0 atom stereocenters. The molecule has 0 spiro atoms. The topological polar surface area (TPSA) is 66.8 Å². The first-order valence-corrected chi connectivity index (χ1v) is 3.73. The first-order valence-electron chi connectivity index (χ1n) is 3.73. The molecule has 0 aliphatic carbocycles. The molecule has 0 amide bonds. The van der Waals surface area contributed by atoms with Crippen LogP contribution in [0.25, 0.3) is 0 Å². The average Bonchev–Trinajstić information content (AvgIpc) is 2.04. The normalized spacial score (nSPS) is 10.2. The average molecular weight is 182 g/mol. The van der Waals surface area contributed by atoms with E-state index in [-0.39, 0.29) is 5.78 Å². The van der Waals surface area contributed by atoms with Gasteiger partial charge in [0.25, 0.3) is 0 Å². The monoisotopic (exact) mass is 182 g/mol. The molecular formula is C9H10O4. The van der Waals surface area contributed by atoms with Crippen LogP contribution in [0.2, 0.25) is 0 Å². The molecule has 0 radical (unpaired) electrons. The summed E-state index contributed by atoms with van der Waals surface area (Å²) in [6.45, 7) is -0.375. The molecular weight excluding hydrogens is 172 g/mol. The Morgan fingerprint density at radius 2 is 1.85 bits per heavy atom. The lowest BCUT2D eigenvalue weighted by Gasteiger charge is -2.06. The van der Waals surface area contributed by atoms with Crippen LogP contribution in [0.5, 0.6) is 5.75 Å². The molecule has 2 N–H and O–H groups in total. The summed E-state index contributed by atoms with van der Waals surface area (Å²) in [6, 6.07) is 6.10. The fourth-order valence-electron chi connectivity index (χ4n) is 0.890. The summed E-state index contributed by atoms with van der Waals surface area (Å²) >= 11 is 0. The fourth-order valence-corrected chi connectivity index (χ4v) is 0.890. The van der Waals surface area contributed by atoms with Gasteiger partial charge in [0.15, 0.2) is 5.78 Å². The summed E-state index contributed by atoms with van der Waals surface area (Å²) in [5, 5.41) is 16.9. The Balaban J connectivity index is 2.75. The number of carbonyl (C=O) groups excluding carboxylic acids is 1. The summed E-state index contributed by atoms with van der Waals surface area (Å²) in [5.41, 5.74) is 0.555. The van der Waals surface area contributed by atoms with Crippen LogP contribution in [0.15, 0.2) is 24.3 Å². The number of aliphatic hydroxyl groups excluding tert-OH is 1. The van der Waals surface area contributed by atoms with Gasteiger partial charge in [0.1, 0.15) is 5.75 Å². The van der Waals surface area contributed by atoms with Crippen LogP contribution in [0.1, 0.15) is 17.3 Å². The van der Waals surface area contributed by atoms with Crippen molar-refractivity contribution >= 4 is 5.78 Å². The Labute approximate surface area is 75.4 Å². The molecule has 70 valence electrons. The van der Waals surface area contributed by atoms with Crippen LogP contribution in [-0.4, -0.2) is 22.5 Å². The second-order valence-electron chi connectivity index (χ2n) is 2.52. The number of aliphatic hydroxyl groups is 2. The Morgan fingerprint density at radius 3 is 2.23 bits per heavy atom. The van der Waals surface area contributed by atoms with Crippen LogP contribution < -0.4 is 4.74 Å². The highest BCUT2D eigenvalue weighted by atomic mass is 16.7. The molecule has 0 unspecified atom stereocenters. The number of ketones is 1. The molecule has 0 saturated carbocycles. The number of Topliss-reactive ketones (excluding diaryl/α,β-unsaturated/α-hetero) is 1. The van der Waals surface area contributed by atoms with E-state index in [0.717, 1.165) is 0 Å². The zero-order valence-electron chi connectivity index (χ0n) is 7.10. The molecule has 1 aromatic rings. The standard InChI is InChI=1S/C9H10O4/c1-6(10)7-2-4-8(5-3-7)13-9(11)12/h2-5,9,11-12H,1H3. The van der Waals surface area contributed by atoms with E-state index >= 15 is 0 Å². The van der Waals surface area contributed by atoms with Crippen LogP contribution >= 0.6 is 0 Å². The van der Waals surface area contributed by atoms with E-state index in [0.29, 0.717) is 11.3 Å². The molecule has 4 nitrogen and oxygen atoms in total. The van der Waals surface area contributed by atoms with Crippen LogP contribution in [0.3, 0.4) is 0 Å². The number of rotatable bonds is 3. The van der Waals surface area contributed by atoms with Crippen LogP contribution in [-0.2, 0) is 0 Å². The molecule has 0 fully saturated rings. The van der Waals surface area contributed by atoms with E-state index in [1.807, 2.05) is 0 Å². The SMILES string of the molecule is CC(=O)c1ccc(OC(O)O)cc1. The first-order chi connectivity index (χ1) is 6.09. The van der Waals surface area contributed by atoms with Gasteiger partial charge in [-0.3, -0.25) is 4.79 Å². The van der Waals surface area contributed by atoms with Gasteiger partial charge in [0.05, 0.1) is 0 Å². The first kappa shape index (κ1) is 9.70. The minimum Gasteiger partial charge on any atom is -0.442 e. The second-order valence-corrected chi connectivity index (χ2v) is 2.52. The Kier molecular flexibility index (Phi) is 3.00. The third-order valence-electron chi connectivity index (χ3n) is 1.50. The smallest absolute Gasteiger partial charge is 0.310 e. The summed E-state index contributed by atoms with van der Waals surface area (Å²) in [6.07, 6.45) is 0. The molecule has 1 aromatic carbocycles. The van der Waals surface area contributed by atoms with Crippen molar-refractivity contribution in [1.82, 2.24) is 0 Å². The highest BCUT2D eigenvalue weighted by Crippen LogP contribution is 2.12. The van der Waals surface area contributed by atoms with Gasteiger partial charge in [-0.1, -0.05) is 0 Å². The van der Waals surface area contributed by atoms with Crippen molar-refractivity contribution < 1.29 is 19.7 Å². The van der Waals surface area contributed by atoms with Crippen LogP contribution in [0.4, 0.5) is 0 Å². The van der Waals surface area contributed by atoms with E-state index in [4.69, 9.17) is 10.2 Å². The lowest BCUT2D eigenvalue weighted by molar-refractivity contribution is -0.179. The molecule has 0 aliphatic rings. The lowest BCUT2D eigenvalue weighted by Crippen LogP contribution is -2.13. The van der Waals surface area contributed by atoms with Gasteiger partial charge < -0.3 is 14.9 Å². The Bertz CT molecular complexity index is 289. The zero-order valence-corrected chi connectivity index (χ0v) is 7.10. The number of hydrogen-bond acceptors (Lipinski definition) is 4. The van der Waals surface area contributed by atoms with Crippen molar-refractivity contribution in [3.63, 3.8) is 0 Å². The van der Waals surface area contributed by atoms with Gasteiger partial charge in [0, 0.05) is 5.56 Å². The molecule has 0 aliphatic heterocycles. The van der Waals surface area contributed by atoms with E-state index in [1.165, 1.54) is 19.1 Å². The Hall–Kier alpha value is -1.39. The summed E-state index contributed by atoms with van der Waals surface area (Å²) < 4.78 is 4.55. The van der Waals surface area contributed by atoms with Gasteiger partial charge in [0.2, 0.25) is 0 Å². The third-order valence-corrected chi connectivity index (χ3v) is 1.50. The van der Waals surface area contributed by atoms with E-state index in [9.17, 15) is 4.79 Å². The summed E-state index contributed by atoms with van der Waals surface area (Å²) in [7, 11) is 0. The van der Waals surface area contributed by atoms with Crippen LogP contribution in [0, 0.1) is 0 Å². The van der Waals surface area contributed by atoms with Gasteiger partial charge in [-0.2, -0.15) is 0 Å².